The summed E-state index contributed by atoms with van der Waals surface area (Å²) in [6, 6.07) is 6.75. The molecule has 12 heteroatoms. The summed E-state index contributed by atoms with van der Waals surface area (Å²) in [6.07, 6.45) is 4.16. The fourth-order valence-corrected chi connectivity index (χ4v) is 4.00. The minimum atomic E-state index is -2.74. The van der Waals surface area contributed by atoms with Crippen molar-refractivity contribution in [2.45, 2.75) is 63.9 Å². The number of aliphatic carboxylic acids is 3. The Kier molecular flexibility index (Phi) is 11.6. The van der Waals surface area contributed by atoms with Gasteiger partial charge in [-0.05, 0) is 37.5 Å². The largest absolute Gasteiger partial charge is 0.481 e. The van der Waals surface area contributed by atoms with E-state index in [1.54, 1.807) is 0 Å². The van der Waals surface area contributed by atoms with Crippen LogP contribution < -0.4 is 0 Å². The van der Waals surface area contributed by atoms with Gasteiger partial charge in [0.25, 0.3) is 0 Å². The maximum Gasteiger partial charge on any atom is 0.336 e. The molecule has 4 N–H and O–H groups in total. The van der Waals surface area contributed by atoms with Gasteiger partial charge in [0.1, 0.15) is 5.82 Å². The normalized spacial score (nSPS) is 15.1. The van der Waals surface area contributed by atoms with Crippen LogP contribution in [0.2, 0.25) is 0 Å². The molecule has 0 radical (unpaired) electrons. The lowest BCUT2D eigenvalue weighted by molar-refractivity contribution is -0.170. The summed E-state index contributed by atoms with van der Waals surface area (Å²) in [6.45, 7) is 9.83. The van der Waals surface area contributed by atoms with E-state index in [4.69, 9.17) is 25.2 Å². The lowest BCUT2D eigenvalue weighted by Gasteiger charge is -2.25. The van der Waals surface area contributed by atoms with E-state index in [0.717, 1.165) is 50.3 Å². The van der Waals surface area contributed by atoms with Gasteiger partial charge >= 0.3 is 17.9 Å². The van der Waals surface area contributed by atoms with Gasteiger partial charge in [-0.2, -0.15) is 5.10 Å². The predicted molar refractivity (Wildman–Crippen MR) is 134 cm³/mol. The first-order valence-electron chi connectivity index (χ1n) is 12.0. The Bertz CT molecular complexity index is 1080. The zero-order valence-corrected chi connectivity index (χ0v) is 21.3. The third-order valence-electron chi connectivity index (χ3n) is 5.85. The number of carboxylic acids is 3. The molecule has 3 rings (SSSR count). The summed E-state index contributed by atoms with van der Waals surface area (Å²) in [5, 5.41) is 38.4. The number of aromatic nitrogens is 2. The van der Waals surface area contributed by atoms with E-state index in [0.29, 0.717) is 6.54 Å². The zero-order valence-electron chi connectivity index (χ0n) is 21.3. The lowest BCUT2D eigenvalue weighted by Crippen LogP contribution is -2.42. The van der Waals surface area contributed by atoms with Crippen LogP contribution in [0.4, 0.5) is 4.39 Å². The standard InChI is InChI=1S/C20H26FN3O.C6H8O7/c1-3-10-24-14-18(16(2)22-24)13-23(15-20-5-4-11-25-20)12-17-6-8-19(21)9-7-17;7-3(8)1-6(13,5(11)12)2-4(9)10/h3,6-9,14,20H,1,4-5,10-13,15H2,2H3;13H,1-2H2,(H,7,8)(H,9,10)(H,11,12). The molecule has 1 aromatic carbocycles. The topological polar surface area (TPSA) is 162 Å². The van der Waals surface area contributed by atoms with Gasteiger partial charge in [-0.3, -0.25) is 19.2 Å². The molecule has 1 unspecified atom stereocenters. The smallest absolute Gasteiger partial charge is 0.336 e. The molecule has 1 atom stereocenters. The number of carboxylic acid groups (broad SMARTS) is 3. The summed E-state index contributed by atoms with van der Waals surface area (Å²) in [5.41, 5.74) is 0.619. The highest BCUT2D eigenvalue weighted by molar-refractivity contribution is 5.88. The number of allylic oxidation sites excluding steroid dienone is 1. The van der Waals surface area contributed by atoms with Crippen molar-refractivity contribution < 1.29 is 43.9 Å². The summed E-state index contributed by atoms with van der Waals surface area (Å²) in [5.74, 6) is -5.22. The van der Waals surface area contributed by atoms with Crippen LogP contribution >= 0.6 is 0 Å². The van der Waals surface area contributed by atoms with Gasteiger partial charge < -0.3 is 25.2 Å². The van der Waals surface area contributed by atoms with Crippen molar-refractivity contribution in [2.24, 2.45) is 0 Å². The Balaban J connectivity index is 0.000000332. The maximum absolute atomic E-state index is 13.2. The molecule has 2 aromatic rings. The van der Waals surface area contributed by atoms with E-state index in [9.17, 15) is 18.8 Å². The molecule has 1 fully saturated rings. The average Bonchev–Trinajstić information content (AvgIpc) is 3.44. The SMILES string of the molecule is C=CCn1cc(CN(Cc2ccc(F)cc2)CC2CCCO2)c(C)n1.O=C(O)CC(O)(CC(=O)O)C(=O)O. The summed E-state index contributed by atoms with van der Waals surface area (Å²) in [4.78, 5) is 32.9. The van der Waals surface area contributed by atoms with E-state index < -0.39 is 36.4 Å². The number of ether oxygens (including phenoxy) is 1. The maximum atomic E-state index is 13.2. The van der Waals surface area contributed by atoms with Crippen LogP contribution in [0.15, 0.2) is 43.1 Å². The summed E-state index contributed by atoms with van der Waals surface area (Å²) < 4.78 is 20.9. The monoisotopic (exact) mass is 535 g/mol. The van der Waals surface area contributed by atoms with Crippen molar-refractivity contribution in [3.63, 3.8) is 0 Å². The van der Waals surface area contributed by atoms with Crippen LogP contribution in [-0.4, -0.2) is 77.9 Å². The van der Waals surface area contributed by atoms with Gasteiger partial charge in [-0.25, -0.2) is 9.18 Å². The Labute approximate surface area is 219 Å². The lowest BCUT2D eigenvalue weighted by atomic mass is 9.96. The Hall–Kier alpha value is -3.61. The van der Waals surface area contributed by atoms with E-state index in [1.165, 1.54) is 17.7 Å². The van der Waals surface area contributed by atoms with Crippen molar-refractivity contribution in [3.05, 3.63) is 65.8 Å². The van der Waals surface area contributed by atoms with Gasteiger partial charge in [-0.1, -0.05) is 18.2 Å². The highest BCUT2D eigenvalue weighted by Gasteiger charge is 2.40. The predicted octanol–water partition coefficient (Wildman–Crippen LogP) is 2.45. The second-order valence-electron chi connectivity index (χ2n) is 9.16. The molecule has 38 heavy (non-hydrogen) atoms. The quantitative estimate of drug-likeness (QED) is 0.280. The molecular weight excluding hydrogens is 501 g/mol. The average molecular weight is 536 g/mol. The molecule has 0 aliphatic carbocycles. The van der Waals surface area contributed by atoms with Crippen LogP contribution in [0.1, 0.15) is 42.5 Å². The molecule has 1 saturated heterocycles. The van der Waals surface area contributed by atoms with Gasteiger partial charge in [0.05, 0.1) is 31.2 Å². The number of hydrogen-bond acceptors (Lipinski definition) is 7. The van der Waals surface area contributed by atoms with Crippen LogP contribution in [0.3, 0.4) is 0 Å². The number of rotatable bonds is 13. The van der Waals surface area contributed by atoms with Crippen molar-refractivity contribution in [1.29, 1.82) is 0 Å². The van der Waals surface area contributed by atoms with Crippen LogP contribution in [0, 0.1) is 12.7 Å². The number of hydrogen-bond donors (Lipinski definition) is 4. The Morgan fingerprint density at radius 1 is 1.18 bits per heavy atom. The van der Waals surface area contributed by atoms with Crippen molar-refractivity contribution in [3.8, 4) is 0 Å². The van der Waals surface area contributed by atoms with Gasteiger partial charge in [0, 0.05) is 38.0 Å². The number of carbonyl (C=O) groups is 3. The molecule has 1 aliphatic heterocycles. The van der Waals surface area contributed by atoms with Gasteiger partial charge in [-0.15, -0.1) is 6.58 Å². The third kappa shape index (κ3) is 10.0. The molecule has 0 saturated carbocycles. The second kappa shape index (κ2) is 14.4. The van der Waals surface area contributed by atoms with Crippen molar-refractivity contribution >= 4 is 17.9 Å². The minimum Gasteiger partial charge on any atom is -0.481 e. The fourth-order valence-electron chi connectivity index (χ4n) is 4.00. The molecule has 0 amide bonds. The first-order chi connectivity index (χ1) is 17.9. The number of nitrogens with zero attached hydrogens (tertiary/aromatic N) is 3. The fraction of sp³-hybridized carbons (Fsp3) is 0.462. The second-order valence-corrected chi connectivity index (χ2v) is 9.16. The number of halogens is 1. The third-order valence-corrected chi connectivity index (χ3v) is 5.85. The van der Waals surface area contributed by atoms with Gasteiger partial charge in [0.15, 0.2) is 5.60 Å². The molecule has 0 bridgehead atoms. The molecular formula is C26H34FN3O8. The molecule has 2 heterocycles. The number of aryl methyl sites for hydroxylation is 1. The highest BCUT2D eigenvalue weighted by Crippen LogP contribution is 2.19. The minimum absolute atomic E-state index is 0.198. The number of aliphatic hydroxyl groups is 1. The van der Waals surface area contributed by atoms with Crippen LogP contribution in [0.25, 0.3) is 0 Å². The first-order valence-corrected chi connectivity index (χ1v) is 12.0. The Morgan fingerprint density at radius 3 is 2.32 bits per heavy atom. The summed E-state index contributed by atoms with van der Waals surface area (Å²) in [7, 11) is 0. The molecule has 11 nitrogen and oxygen atoms in total. The molecule has 1 aromatic heterocycles. The molecule has 208 valence electrons. The van der Waals surface area contributed by atoms with Crippen LogP contribution in [0.5, 0.6) is 0 Å². The van der Waals surface area contributed by atoms with Crippen LogP contribution in [-0.2, 0) is 38.8 Å². The zero-order chi connectivity index (χ0) is 28.3. The van der Waals surface area contributed by atoms with Crippen molar-refractivity contribution in [2.75, 3.05) is 13.2 Å². The van der Waals surface area contributed by atoms with Crippen molar-refractivity contribution in [1.82, 2.24) is 14.7 Å². The van der Waals surface area contributed by atoms with E-state index in [1.807, 2.05) is 29.8 Å². The number of benzene rings is 1. The van der Waals surface area contributed by atoms with E-state index in [2.05, 4.69) is 22.8 Å². The van der Waals surface area contributed by atoms with E-state index >= 15 is 0 Å². The summed E-state index contributed by atoms with van der Waals surface area (Å²) >= 11 is 0. The first kappa shape index (κ1) is 30.6. The molecule has 1 aliphatic rings. The van der Waals surface area contributed by atoms with E-state index in [-0.39, 0.29) is 11.9 Å². The Morgan fingerprint density at radius 2 is 1.82 bits per heavy atom. The highest BCUT2D eigenvalue weighted by atomic mass is 19.1. The van der Waals surface area contributed by atoms with Gasteiger partial charge in [0.2, 0.25) is 0 Å². The molecule has 0 spiro atoms.